The highest BCUT2D eigenvalue weighted by Gasteiger charge is 2.11. The SMILES string of the molecule is CCC(C)N(C)c1ccc(C=O)cc1Br. The Bertz CT molecular complexity index is 351. The predicted molar refractivity (Wildman–Crippen MR) is 67.7 cm³/mol. The van der Waals surface area contributed by atoms with Crippen LogP contribution in [0.5, 0.6) is 0 Å². The van der Waals surface area contributed by atoms with Crippen molar-refractivity contribution in [1.82, 2.24) is 0 Å². The molecule has 0 saturated carbocycles. The number of nitrogens with zero attached hydrogens (tertiary/aromatic N) is 1. The molecule has 0 radical (unpaired) electrons. The van der Waals surface area contributed by atoms with Crippen molar-refractivity contribution in [3.63, 3.8) is 0 Å². The summed E-state index contributed by atoms with van der Waals surface area (Å²) in [5.74, 6) is 0. The molecule has 0 N–H and O–H groups in total. The van der Waals surface area contributed by atoms with Crippen molar-refractivity contribution in [1.29, 1.82) is 0 Å². The maximum absolute atomic E-state index is 10.6. The fraction of sp³-hybridized carbons (Fsp3) is 0.417. The van der Waals surface area contributed by atoms with Gasteiger partial charge in [0.2, 0.25) is 0 Å². The zero-order valence-corrected chi connectivity index (χ0v) is 10.9. The van der Waals surface area contributed by atoms with E-state index in [1.807, 2.05) is 18.2 Å². The standard InChI is InChI=1S/C12H16BrNO/c1-4-9(2)14(3)12-6-5-10(8-15)7-11(12)13/h5-9H,4H2,1-3H3. The summed E-state index contributed by atoms with van der Waals surface area (Å²) in [5, 5.41) is 0. The average molecular weight is 270 g/mol. The van der Waals surface area contributed by atoms with E-state index in [-0.39, 0.29) is 0 Å². The number of hydrogen-bond donors (Lipinski definition) is 0. The number of aldehydes is 1. The third-order valence-corrected chi connectivity index (χ3v) is 3.37. The molecular formula is C12H16BrNO. The van der Waals surface area contributed by atoms with E-state index in [9.17, 15) is 4.79 Å². The zero-order chi connectivity index (χ0) is 11.4. The number of rotatable bonds is 4. The summed E-state index contributed by atoms with van der Waals surface area (Å²) in [7, 11) is 2.06. The van der Waals surface area contributed by atoms with Gasteiger partial charge in [-0.3, -0.25) is 4.79 Å². The van der Waals surface area contributed by atoms with Gasteiger partial charge in [0.25, 0.3) is 0 Å². The highest BCUT2D eigenvalue weighted by Crippen LogP contribution is 2.27. The second kappa shape index (κ2) is 5.31. The molecule has 0 amide bonds. The van der Waals surface area contributed by atoms with Gasteiger partial charge in [0.05, 0.1) is 5.69 Å². The topological polar surface area (TPSA) is 20.3 Å². The van der Waals surface area contributed by atoms with Gasteiger partial charge in [0, 0.05) is 23.1 Å². The quantitative estimate of drug-likeness (QED) is 0.780. The molecule has 0 aliphatic carbocycles. The number of halogens is 1. The van der Waals surface area contributed by atoms with Crippen molar-refractivity contribution in [2.24, 2.45) is 0 Å². The van der Waals surface area contributed by atoms with E-state index in [4.69, 9.17) is 0 Å². The van der Waals surface area contributed by atoms with Crippen molar-refractivity contribution < 1.29 is 4.79 Å². The Labute approximate surface area is 99.4 Å². The van der Waals surface area contributed by atoms with Gasteiger partial charge >= 0.3 is 0 Å². The summed E-state index contributed by atoms with van der Waals surface area (Å²) >= 11 is 3.49. The van der Waals surface area contributed by atoms with Crippen LogP contribution in [0.25, 0.3) is 0 Å². The minimum absolute atomic E-state index is 0.489. The van der Waals surface area contributed by atoms with E-state index in [2.05, 4.69) is 41.7 Å². The first-order valence-electron chi connectivity index (χ1n) is 5.07. The van der Waals surface area contributed by atoms with E-state index in [0.717, 1.165) is 22.9 Å². The number of anilines is 1. The van der Waals surface area contributed by atoms with Gasteiger partial charge in [-0.05, 0) is 47.5 Å². The van der Waals surface area contributed by atoms with Gasteiger partial charge < -0.3 is 4.90 Å². The lowest BCUT2D eigenvalue weighted by Crippen LogP contribution is -2.28. The molecule has 3 heteroatoms. The Morgan fingerprint density at radius 3 is 2.67 bits per heavy atom. The largest absolute Gasteiger partial charge is 0.371 e. The Kier molecular flexibility index (Phi) is 4.33. The summed E-state index contributed by atoms with van der Waals surface area (Å²) in [6, 6.07) is 6.15. The molecule has 0 aliphatic rings. The second-order valence-electron chi connectivity index (χ2n) is 3.70. The van der Waals surface area contributed by atoms with Gasteiger partial charge in [0.15, 0.2) is 0 Å². The molecule has 0 spiro atoms. The average Bonchev–Trinajstić information content (AvgIpc) is 2.26. The number of hydrogen-bond acceptors (Lipinski definition) is 2. The van der Waals surface area contributed by atoms with Crippen molar-refractivity contribution in [3.05, 3.63) is 28.2 Å². The molecule has 82 valence electrons. The van der Waals surface area contributed by atoms with E-state index in [1.54, 1.807) is 0 Å². The van der Waals surface area contributed by atoms with Crippen LogP contribution in [0, 0.1) is 0 Å². The van der Waals surface area contributed by atoms with Crippen LogP contribution < -0.4 is 4.90 Å². The molecule has 1 aromatic rings. The zero-order valence-electron chi connectivity index (χ0n) is 9.33. The van der Waals surface area contributed by atoms with Crippen LogP contribution in [0.2, 0.25) is 0 Å². The second-order valence-corrected chi connectivity index (χ2v) is 4.55. The maximum Gasteiger partial charge on any atom is 0.150 e. The lowest BCUT2D eigenvalue weighted by Gasteiger charge is -2.27. The first-order valence-corrected chi connectivity index (χ1v) is 5.87. The summed E-state index contributed by atoms with van der Waals surface area (Å²) in [5.41, 5.74) is 1.82. The third-order valence-electron chi connectivity index (χ3n) is 2.74. The van der Waals surface area contributed by atoms with Crippen molar-refractivity contribution in [3.8, 4) is 0 Å². The van der Waals surface area contributed by atoms with E-state index in [0.29, 0.717) is 11.6 Å². The van der Waals surface area contributed by atoms with Crippen molar-refractivity contribution >= 4 is 27.9 Å². The Hall–Kier alpha value is -0.830. The number of carbonyl (C=O) groups excluding carboxylic acids is 1. The molecule has 2 nitrogen and oxygen atoms in total. The number of carbonyl (C=O) groups is 1. The predicted octanol–water partition coefficient (Wildman–Crippen LogP) is 3.50. The Morgan fingerprint density at radius 2 is 2.20 bits per heavy atom. The first-order chi connectivity index (χ1) is 7.10. The third kappa shape index (κ3) is 2.81. The highest BCUT2D eigenvalue weighted by molar-refractivity contribution is 9.10. The van der Waals surface area contributed by atoms with Crippen LogP contribution in [-0.4, -0.2) is 19.4 Å². The van der Waals surface area contributed by atoms with E-state index in [1.165, 1.54) is 0 Å². The maximum atomic E-state index is 10.6. The molecule has 0 bridgehead atoms. The Morgan fingerprint density at radius 1 is 1.53 bits per heavy atom. The molecule has 0 aromatic heterocycles. The summed E-state index contributed by atoms with van der Waals surface area (Å²) < 4.78 is 0.968. The summed E-state index contributed by atoms with van der Waals surface area (Å²) in [6.45, 7) is 4.34. The summed E-state index contributed by atoms with van der Waals surface area (Å²) in [6.07, 6.45) is 1.95. The minimum atomic E-state index is 0.489. The van der Waals surface area contributed by atoms with Crippen LogP contribution in [0.1, 0.15) is 30.6 Å². The van der Waals surface area contributed by atoms with Crippen molar-refractivity contribution in [2.75, 3.05) is 11.9 Å². The van der Waals surface area contributed by atoms with E-state index >= 15 is 0 Å². The fourth-order valence-electron chi connectivity index (χ4n) is 1.39. The van der Waals surface area contributed by atoms with Gasteiger partial charge in [-0.15, -0.1) is 0 Å². The van der Waals surface area contributed by atoms with Gasteiger partial charge in [-0.1, -0.05) is 6.92 Å². The van der Waals surface area contributed by atoms with Crippen LogP contribution in [-0.2, 0) is 0 Å². The molecule has 1 unspecified atom stereocenters. The smallest absolute Gasteiger partial charge is 0.150 e. The lowest BCUT2D eigenvalue weighted by atomic mass is 10.1. The molecule has 0 fully saturated rings. The van der Waals surface area contributed by atoms with Crippen LogP contribution in [0.4, 0.5) is 5.69 Å². The fourth-order valence-corrected chi connectivity index (χ4v) is 2.07. The molecule has 1 atom stereocenters. The van der Waals surface area contributed by atoms with Gasteiger partial charge in [-0.25, -0.2) is 0 Å². The Balaban J connectivity index is 2.99. The van der Waals surface area contributed by atoms with Crippen LogP contribution >= 0.6 is 15.9 Å². The normalized spacial score (nSPS) is 12.3. The molecular weight excluding hydrogens is 254 g/mol. The molecule has 0 saturated heterocycles. The van der Waals surface area contributed by atoms with E-state index < -0.39 is 0 Å². The van der Waals surface area contributed by atoms with Gasteiger partial charge in [0.1, 0.15) is 6.29 Å². The van der Waals surface area contributed by atoms with Crippen LogP contribution in [0.15, 0.2) is 22.7 Å². The first kappa shape index (κ1) is 12.2. The number of benzene rings is 1. The lowest BCUT2D eigenvalue weighted by molar-refractivity contribution is 0.112. The molecule has 0 heterocycles. The molecule has 0 aliphatic heterocycles. The molecule has 1 rings (SSSR count). The monoisotopic (exact) mass is 269 g/mol. The van der Waals surface area contributed by atoms with Crippen molar-refractivity contribution in [2.45, 2.75) is 26.3 Å². The molecule has 1 aromatic carbocycles. The summed E-state index contributed by atoms with van der Waals surface area (Å²) in [4.78, 5) is 12.8. The minimum Gasteiger partial charge on any atom is -0.371 e. The van der Waals surface area contributed by atoms with Gasteiger partial charge in [-0.2, -0.15) is 0 Å². The van der Waals surface area contributed by atoms with Crippen LogP contribution in [0.3, 0.4) is 0 Å². The highest BCUT2D eigenvalue weighted by atomic mass is 79.9. The molecule has 15 heavy (non-hydrogen) atoms.